The zero-order valence-electron chi connectivity index (χ0n) is 11.6. The van der Waals surface area contributed by atoms with Crippen molar-refractivity contribution in [3.8, 4) is 11.4 Å². The third kappa shape index (κ3) is 3.22. The summed E-state index contributed by atoms with van der Waals surface area (Å²) in [5.74, 6) is 0.523. The average molecular weight is 321 g/mol. The largest absolute Gasteiger partial charge is 0.324 e. The molecule has 0 amide bonds. The van der Waals surface area contributed by atoms with Gasteiger partial charge in [0.05, 0.1) is 6.54 Å². The van der Waals surface area contributed by atoms with E-state index in [4.69, 9.17) is 16.1 Å². The lowest BCUT2D eigenvalue weighted by molar-refractivity contribution is 0.418. The first kappa shape index (κ1) is 14.0. The number of aromatic nitrogens is 3. The van der Waals surface area contributed by atoms with Crippen LogP contribution in [-0.4, -0.2) is 22.2 Å². The van der Waals surface area contributed by atoms with Gasteiger partial charge in [-0.05, 0) is 19.1 Å². The highest BCUT2D eigenvalue weighted by Gasteiger charge is 2.14. The molecule has 0 aliphatic heterocycles. The number of hydrogen-bond donors (Lipinski definition) is 0. The molecule has 108 valence electrons. The second-order valence-electron chi connectivity index (χ2n) is 4.65. The molecule has 0 N–H and O–H groups in total. The van der Waals surface area contributed by atoms with Crippen molar-refractivity contribution in [3.05, 3.63) is 45.4 Å². The number of hydrogen-bond acceptors (Lipinski definition) is 6. The van der Waals surface area contributed by atoms with Gasteiger partial charge in [0.1, 0.15) is 5.01 Å². The van der Waals surface area contributed by atoms with E-state index in [0.717, 1.165) is 16.3 Å². The molecule has 3 rings (SSSR count). The second-order valence-corrected chi connectivity index (χ2v) is 6.03. The molecule has 0 aliphatic rings. The van der Waals surface area contributed by atoms with Crippen molar-refractivity contribution >= 4 is 29.0 Å². The fraction of sp³-hybridized carbons (Fsp3) is 0.214. The molecule has 0 spiro atoms. The summed E-state index contributed by atoms with van der Waals surface area (Å²) in [7, 11) is 1.89. The highest BCUT2D eigenvalue weighted by Crippen LogP contribution is 2.23. The molecule has 21 heavy (non-hydrogen) atoms. The minimum atomic E-state index is 0.456. The topological polar surface area (TPSA) is 55.1 Å². The zero-order chi connectivity index (χ0) is 14.8. The Morgan fingerprint density at radius 3 is 2.90 bits per heavy atom. The van der Waals surface area contributed by atoms with Gasteiger partial charge in [0.2, 0.25) is 5.82 Å². The number of thiazole rings is 1. The maximum absolute atomic E-state index is 5.97. The molecule has 7 heteroatoms. The van der Waals surface area contributed by atoms with E-state index in [1.807, 2.05) is 42.5 Å². The molecule has 3 aromatic rings. The summed E-state index contributed by atoms with van der Waals surface area (Å²) in [6.45, 7) is 2.61. The highest BCUT2D eigenvalue weighted by molar-refractivity contribution is 7.09. The molecule has 2 aromatic heterocycles. The van der Waals surface area contributed by atoms with Crippen LogP contribution in [0.2, 0.25) is 5.02 Å². The van der Waals surface area contributed by atoms with Crippen LogP contribution in [0.1, 0.15) is 10.7 Å². The summed E-state index contributed by atoms with van der Waals surface area (Å²) in [6, 6.07) is 7.82. The first-order chi connectivity index (χ1) is 10.1. The molecule has 0 aliphatic carbocycles. The summed E-state index contributed by atoms with van der Waals surface area (Å²) >= 11 is 7.59. The van der Waals surface area contributed by atoms with Crippen molar-refractivity contribution in [2.24, 2.45) is 0 Å². The van der Waals surface area contributed by atoms with Crippen LogP contribution in [0.4, 0.5) is 6.01 Å². The van der Waals surface area contributed by atoms with E-state index in [-0.39, 0.29) is 0 Å². The summed E-state index contributed by atoms with van der Waals surface area (Å²) in [5, 5.41) is 7.67. The van der Waals surface area contributed by atoms with Gasteiger partial charge in [0.25, 0.3) is 0 Å². The molecule has 0 saturated heterocycles. The number of anilines is 1. The van der Waals surface area contributed by atoms with Gasteiger partial charge >= 0.3 is 6.01 Å². The summed E-state index contributed by atoms with van der Waals surface area (Å²) in [5.41, 5.74) is 1.85. The van der Waals surface area contributed by atoms with Gasteiger partial charge in [-0.25, -0.2) is 4.98 Å². The van der Waals surface area contributed by atoms with Crippen molar-refractivity contribution in [2.45, 2.75) is 13.5 Å². The standard InChI is InChI=1S/C14H13ClN4OS/c1-9-8-21-12(16-9)7-19(2)14-17-13(18-20-14)10-4-3-5-11(15)6-10/h3-6,8H,7H2,1-2H3. The lowest BCUT2D eigenvalue weighted by atomic mass is 10.2. The maximum atomic E-state index is 5.97. The van der Waals surface area contributed by atoms with Crippen molar-refractivity contribution in [1.82, 2.24) is 15.1 Å². The molecule has 1 aromatic carbocycles. The Morgan fingerprint density at radius 1 is 1.33 bits per heavy atom. The Hall–Kier alpha value is -1.92. The van der Waals surface area contributed by atoms with Crippen LogP contribution in [0.5, 0.6) is 0 Å². The molecule has 2 heterocycles. The Kier molecular flexibility index (Phi) is 3.90. The number of aryl methyl sites for hydroxylation is 1. The van der Waals surface area contributed by atoms with Crippen molar-refractivity contribution < 1.29 is 4.52 Å². The molecule has 0 bridgehead atoms. The Balaban J connectivity index is 1.78. The van der Waals surface area contributed by atoms with E-state index in [9.17, 15) is 0 Å². The molecule has 5 nitrogen and oxygen atoms in total. The number of halogens is 1. The highest BCUT2D eigenvalue weighted by atomic mass is 35.5. The van der Waals surface area contributed by atoms with Gasteiger partial charge in [-0.2, -0.15) is 4.98 Å². The first-order valence-corrected chi connectivity index (χ1v) is 7.59. The van der Waals surface area contributed by atoms with Crippen LogP contribution >= 0.6 is 22.9 Å². The third-order valence-electron chi connectivity index (χ3n) is 2.86. The second kappa shape index (κ2) is 5.83. The van der Waals surface area contributed by atoms with Crippen LogP contribution in [0.3, 0.4) is 0 Å². The Bertz CT molecular complexity index is 755. The van der Waals surface area contributed by atoms with Gasteiger partial charge < -0.3 is 9.42 Å². The van der Waals surface area contributed by atoms with Crippen LogP contribution in [0, 0.1) is 6.92 Å². The molecule has 0 fully saturated rings. The van der Waals surface area contributed by atoms with Gasteiger partial charge in [-0.15, -0.1) is 11.3 Å². The van der Waals surface area contributed by atoms with E-state index >= 15 is 0 Å². The van der Waals surface area contributed by atoms with E-state index in [2.05, 4.69) is 15.1 Å². The van der Waals surface area contributed by atoms with Crippen LogP contribution in [0.15, 0.2) is 34.2 Å². The van der Waals surface area contributed by atoms with Gasteiger partial charge in [0.15, 0.2) is 0 Å². The normalized spacial score (nSPS) is 10.8. The Morgan fingerprint density at radius 2 is 2.19 bits per heavy atom. The van der Waals surface area contributed by atoms with Crippen LogP contribution < -0.4 is 4.90 Å². The fourth-order valence-corrected chi connectivity index (χ4v) is 2.88. The summed E-state index contributed by atoms with van der Waals surface area (Å²) in [4.78, 5) is 10.7. The lowest BCUT2D eigenvalue weighted by Gasteiger charge is -2.10. The molecule has 0 unspecified atom stereocenters. The molecule has 0 saturated carbocycles. The van der Waals surface area contributed by atoms with Crippen molar-refractivity contribution in [2.75, 3.05) is 11.9 Å². The molecular weight excluding hydrogens is 308 g/mol. The van der Waals surface area contributed by atoms with Crippen LogP contribution in [-0.2, 0) is 6.54 Å². The van der Waals surface area contributed by atoms with Gasteiger partial charge in [-0.1, -0.05) is 28.9 Å². The zero-order valence-corrected chi connectivity index (χ0v) is 13.1. The molecular formula is C14H13ClN4OS. The third-order valence-corrected chi connectivity index (χ3v) is 4.05. The molecule has 0 atom stereocenters. The van der Waals surface area contributed by atoms with E-state index in [0.29, 0.717) is 23.4 Å². The smallest absolute Gasteiger partial charge is 0.321 e. The van der Waals surface area contributed by atoms with Crippen molar-refractivity contribution in [1.29, 1.82) is 0 Å². The predicted octanol–water partition coefficient (Wildman–Crippen LogP) is 3.79. The first-order valence-electron chi connectivity index (χ1n) is 6.33. The predicted molar refractivity (Wildman–Crippen MR) is 83.7 cm³/mol. The van der Waals surface area contributed by atoms with E-state index in [1.54, 1.807) is 17.4 Å². The monoisotopic (exact) mass is 320 g/mol. The van der Waals surface area contributed by atoms with Gasteiger partial charge in [0, 0.05) is 28.7 Å². The van der Waals surface area contributed by atoms with Gasteiger partial charge in [-0.3, -0.25) is 0 Å². The number of benzene rings is 1. The minimum absolute atomic E-state index is 0.456. The van der Waals surface area contributed by atoms with E-state index < -0.39 is 0 Å². The molecule has 0 radical (unpaired) electrons. The minimum Gasteiger partial charge on any atom is -0.321 e. The fourth-order valence-electron chi connectivity index (χ4n) is 1.86. The summed E-state index contributed by atoms with van der Waals surface area (Å²) in [6.07, 6.45) is 0. The summed E-state index contributed by atoms with van der Waals surface area (Å²) < 4.78 is 5.30. The SMILES string of the molecule is Cc1csc(CN(C)c2nc(-c3cccc(Cl)c3)no2)n1. The van der Waals surface area contributed by atoms with Crippen LogP contribution in [0.25, 0.3) is 11.4 Å². The van der Waals surface area contributed by atoms with Crippen molar-refractivity contribution in [3.63, 3.8) is 0 Å². The quantitative estimate of drug-likeness (QED) is 0.732. The Labute approximate surface area is 131 Å². The number of nitrogens with zero attached hydrogens (tertiary/aromatic N) is 4. The average Bonchev–Trinajstić information content (AvgIpc) is 3.08. The lowest BCUT2D eigenvalue weighted by Crippen LogP contribution is -2.16. The maximum Gasteiger partial charge on any atom is 0.324 e. The van der Waals surface area contributed by atoms with E-state index in [1.165, 1.54) is 0 Å². The number of rotatable bonds is 4.